The van der Waals surface area contributed by atoms with Crippen LogP contribution < -0.4 is 9.80 Å². The van der Waals surface area contributed by atoms with Crippen molar-refractivity contribution in [3.63, 3.8) is 0 Å². The van der Waals surface area contributed by atoms with Crippen LogP contribution >= 0.6 is 0 Å². The molecule has 0 N–H and O–H groups in total. The summed E-state index contributed by atoms with van der Waals surface area (Å²) in [6.45, 7) is 6.70. The second-order valence-corrected chi connectivity index (χ2v) is 23.8. The first kappa shape index (κ1) is 51.2. The van der Waals surface area contributed by atoms with E-state index in [0.717, 1.165) is 127 Å². The first-order valence-corrected chi connectivity index (χ1v) is 30.5. The molecule has 0 aliphatic heterocycles. The summed E-state index contributed by atoms with van der Waals surface area (Å²) in [5.41, 5.74) is 21.0. The third-order valence-electron chi connectivity index (χ3n) is 18.2. The normalized spacial score (nSPS) is 11.9. The lowest BCUT2D eigenvalue weighted by Crippen LogP contribution is -2.10. The van der Waals surface area contributed by atoms with E-state index in [9.17, 15) is 0 Å². The standard InChI is InChI=1S/C84H58N2O2/c1-52(2)59-46-73-74-47-60(68-28-16-15-26-66(68)56-33-35-57(36-34-56)72-45-58-21-13-14-27-67(58)69-29-17-18-30-70(69)72)49-77-80(74)81-75(50-65(51-79(81)87-77)85(61-22-9-5-10-23-61)63-39-31-53(3)32-40-63)71-43-44-76(84-83(71)82(73)78(48-59)88-84)86(62-24-11-6-12-25-62)64-41-37-55(38-42-64)54-19-7-4-8-20-54/h4-52H,1-3H3. The van der Waals surface area contributed by atoms with E-state index < -0.39 is 0 Å². The highest BCUT2D eigenvalue weighted by Gasteiger charge is 2.28. The zero-order chi connectivity index (χ0) is 58.6. The molecule has 17 rings (SSSR count). The fourth-order valence-corrected chi connectivity index (χ4v) is 13.9. The molecule has 0 atom stereocenters. The van der Waals surface area contributed by atoms with Gasteiger partial charge in [-0.25, -0.2) is 0 Å². The zero-order valence-electron chi connectivity index (χ0n) is 49.0. The highest BCUT2D eigenvalue weighted by atomic mass is 16.3. The van der Waals surface area contributed by atoms with Gasteiger partial charge in [0.25, 0.3) is 0 Å². The maximum atomic E-state index is 7.60. The van der Waals surface area contributed by atoms with Gasteiger partial charge in [0.05, 0.1) is 11.4 Å². The van der Waals surface area contributed by atoms with E-state index in [4.69, 9.17) is 8.83 Å². The Bertz CT molecular complexity index is 5510. The number of nitrogens with zero attached hydrogens (tertiary/aromatic N) is 2. The Kier molecular flexibility index (Phi) is 11.9. The Morgan fingerprint density at radius 3 is 1.49 bits per heavy atom. The van der Waals surface area contributed by atoms with Crippen LogP contribution in [0.25, 0.3) is 131 Å². The summed E-state index contributed by atoms with van der Waals surface area (Å²) in [6, 6.07) is 106. The average Bonchev–Trinajstić information content (AvgIpc) is 1.51. The fraction of sp³-hybridized carbons (Fsp3) is 0.0476. The van der Waals surface area contributed by atoms with Gasteiger partial charge >= 0.3 is 0 Å². The van der Waals surface area contributed by atoms with Crippen LogP contribution in [-0.2, 0) is 0 Å². The van der Waals surface area contributed by atoms with Crippen molar-refractivity contribution in [1.29, 1.82) is 0 Å². The number of rotatable bonds is 11. The number of hydrogen-bond donors (Lipinski definition) is 0. The molecule has 0 aliphatic rings. The maximum absolute atomic E-state index is 7.60. The molecule has 0 radical (unpaired) electrons. The SMILES string of the molecule is Cc1ccc(N(c2ccccc2)c2cc3oc4cc(-c5ccccc5-c5ccc(-c6cc7ccccc7c7ccccc67)cc5)cc5c6cc(C(C)C)cc7oc8c(N(c9ccccc9)c9ccc(-c%10ccccc%10)cc9)ccc(c(c2)c3c45)c8c76)cc1. The van der Waals surface area contributed by atoms with Crippen LogP contribution in [0.4, 0.5) is 34.1 Å². The molecule has 0 unspecified atom stereocenters. The van der Waals surface area contributed by atoms with Crippen LogP contribution in [0.15, 0.2) is 300 Å². The van der Waals surface area contributed by atoms with Gasteiger partial charge in [-0.2, -0.15) is 0 Å². The van der Waals surface area contributed by atoms with Crippen LogP contribution in [0, 0.1) is 6.92 Å². The molecule has 0 saturated carbocycles. The first-order chi connectivity index (χ1) is 43.4. The van der Waals surface area contributed by atoms with Crippen LogP contribution in [-0.4, -0.2) is 0 Å². The molecule has 88 heavy (non-hydrogen) atoms. The van der Waals surface area contributed by atoms with Gasteiger partial charge in [-0.05, 0) is 197 Å². The van der Waals surface area contributed by atoms with E-state index in [1.165, 1.54) is 49.4 Å². The van der Waals surface area contributed by atoms with Gasteiger partial charge in [-0.15, -0.1) is 0 Å². The molecule has 4 heteroatoms. The van der Waals surface area contributed by atoms with Gasteiger partial charge in [0.1, 0.15) is 16.7 Å². The molecule has 0 amide bonds. The quantitative estimate of drug-likeness (QED) is 0.121. The summed E-state index contributed by atoms with van der Waals surface area (Å²) < 4.78 is 15.1. The minimum Gasteiger partial charge on any atom is -0.456 e. The highest BCUT2D eigenvalue weighted by Crippen LogP contribution is 2.53. The van der Waals surface area contributed by atoms with Crippen molar-refractivity contribution < 1.29 is 8.83 Å². The third-order valence-corrected chi connectivity index (χ3v) is 18.2. The number of para-hydroxylation sites is 2. The van der Waals surface area contributed by atoms with Gasteiger partial charge in [0.2, 0.25) is 0 Å². The summed E-state index contributed by atoms with van der Waals surface area (Å²) in [5.74, 6) is 0.210. The second kappa shape index (κ2) is 20.5. The Morgan fingerprint density at radius 1 is 0.284 bits per heavy atom. The number of benzene rings is 14. The monoisotopic (exact) mass is 1130 g/mol. The van der Waals surface area contributed by atoms with E-state index >= 15 is 0 Å². The third kappa shape index (κ3) is 8.36. The Labute approximate surface area is 510 Å². The van der Waals surface area contributed by atoms with E-state index in [1.807, 2.05) is 0 Å². The van der Waals surface area contributed by atoms with Gasteiger partial charge in [-0.1, -0.05) is 214 Å². The number of aryl methyl sites for hydroxylation is 1. The van der Waals surface area contributed by atoms with E-state index in [0.29, 0.717) is 0 Å². The minimum atomic E-state index is 0.210. The molecule has 0 aliphatic carbocycles. The van der Waals surface area contributed by atoms with Crippen LogP contribution in [0.2, 0.25) is 0 Å². The van der Waals surface area contributed by atoms with E-state index in [2.05, 4.69) is 322 Å². The zero-order valence-corrected chi connectivity index (χ0v) is 49.0. The van der Waals surface area contributed by atoms with Crippen molar-refractivity contribution >= 4 is 121 Å². The van der Waals surface area contributed by atoms with Crippen LogP contribution in [0.1, 0.15) is 30.9 Å². The van der Waals surface area contributed by atoms with Crippen molar-refractivity contribution in [2.75, 3.05) is 9.80 Å². The van der Waals surface area contributed by atoms with Crippen molar-refractivity contribution in [3.05, 3.63) is 302 Å². The minimum absolute atomic E-state index is 0.210. The molecule has 416 valence electrons. The topological polar surface area (TPSA) is 32.8 Å². The van der Waals surface area contributed by atoms with E-state index in [1.54, 1.807) is 0 Å². The van der Waals surface area contributed by atoms with Gasteiger partial charge in [0, 0.05) is 50.4 Å². The van der Waals surface area contributed by atoms with Crippen molar-refractivity contribution in [2.24, 2.45) is 0 Å². The highest BCUT2D eigenvalue weighted by molar-refractivity contribution is 6.38. The maximum Gasteiger partial charge on any atom is 0.160 e. The first-order valence-electron chi connectivity index (χ1n) is 30.5. The predicted molar refractivity (Wildman–Crippen MR) is 372 cm³/mol. The number of furan rings is 2. The molecule has 2 heterocycles. The lowest BCUT2D eigenvalue weighted by Gasteiger charge is -2.26. The Hall–Kier alpha value is -11.2. The molecular formula is C84H58N2O2. The molecule has 17 aromatic rings. The van der Waals surface area contributed by atoms with Crippen LogP contribution in [0.5, 0.6) is 0 Å². The van der Waals surface area contributed by atoms with Crippen LogP contribution in [0.3, 0.4) is 0 Å². The molecule has 2 aromatic heterocycles. The average molecular weight is 1130 g/mol. The second-order valence-electron chi connectivity index (χ2n) is 23.8. The van der Waals surface area contributed by atoms with Gasteiger partial charge in [0.15, 0.2) is 5.58 Å². The largest absolute Gasteiger partial charge is 0.456 e. The molecule has 4 nitrogen and oxygen atoms in total. The van der Waals surface area contributed by atoms with Gasteiger partial charge in [-0.3, -0.25) is 0 Å². The number of hydrogen-bond acceptors (Lipinski definition) is 4. The summed E-state index contributed by atoms with van der Waals surface area (Å²) in [6.07, 6.45) is 0. The van der Waals surface area contributed by atoms with E-state index in [-0.39, 0.29) is 5.92 Å². The predicted octanol–water partition coefficient (Wildman–Crippen LogP) is 24.6. The molecule has 0 fully saturated rings. The van der Waals surface area contributed by atoms with Crippen molar-refractivity contribution in [3.8, 4) is 44.5 Å². The Morgan fingerprint density at radius 2 is 0.784 bits per heavy atom. The Balaban J connectivity index is 0.942. The fourth-order valence-electron chi connectivity index (χ4n) is 13.9. The molecule has 0 bridgehead atoms. The lowest BCUT2D eigenvalue weighted by atomic mass is 9.88. The molecule has 15 aromatic carbocycles. The number of fused-ring (bicyclic) bond motifs is 5. The lowest BCUT2D eigenvalue weighted by molar-refractivity contribution is 0.667. The molecule has 0 spiro atoms. The summed E-state index contributed by atoms with van der Waals surface area (Å²) in [7, 11) is 0. The smallest absolute Gasteiger partial charge is 0.160 e. The van der Waals surface area contributed by atoms with Crippen molar-refractivity contribution in [2.45, 2.75) is 26.7 Å². The molecular weight excluding hydrogens is 1070 g/mol. The molecule has 0 saturated heterocycles. The van der Waals surface area contributed by atoms with Gasteiger partial charge < -0.3 is 18.6 Å². The summed E-state index contributed by atoms with van der Waals surface area (Å²) in [4.78, 5) is 4.71. The van der Waals surface area contributed by atoms with Crippen molar-refractivity contribution in [1.82, 2.24) is 0 Å². The summed E-state index contributed by atoms with van der Waals surface area (Å²) >= 11 is 0. The number of anilines is 6. The summed E-state index contributed by atoms with van der Waals surface area (Å²) in [5, 5.41) is 13.7.